The van der Waals surface area contributed by atoms with Crippen molar-refractivity contribution >= 4 is 15.9 Å². The van der Waals surface area contributed by atoms with Crippen LogP contribution < -0.4 is 5.32 Å². The Labute approximate surface area is 188 Å². The number of likely N-dealkylation sites (tertiary alicyclic amines) is 1. The standard InChI is InChI=1S/C24H39N3O3S/c1-19-15-20(2)17-26(16-19)12-6-11-25-24(28)22-9-13-27(14-10-22)31(29,30)18-23-8-5-4-7-21(23)3/h4-5,7-8,19-20,22H,6,9-18H2,1-3H3,(H,25,28). The summed E-state index contributed by atoms with van der Waals surface area (Å²) in [7, 11) is -3.35. The summed E-state index contributed by atoms with van der Waals surface area (Å²) >= 11 is 0. The number of sulfonamides is 1. The van der Waals surface area contributed by atoms with Crippen molar-refractivity contribution in [3.05, 3.63) is 35.4 Å². The van der Waals surface area contributed by atoms with Crippen molar-refractivity contribution in [2.45, 2.75) is 52.2 Å². The molecular weight excluding hydrogens is 410 g/mol. The zero-order valence-corrected chi connectivity index (χ0v) is 20.2. The molecule has 6 nitrogen and oxygen atoms in total. The summed E-state index contributed by atoms with van der Waals surface area (Å²) in [5.74, 6) is 1.54. The van der Waals surface area contributed by atoms with Gasteiger partial charge in [-0.25, -0.2) is 12.7 Å². The Morgan fingerprint density at radius 1 is 1.10 bits per heavy atom. The number of carbonyl (C=O) groups excluding carboxylic acids is 1. The smallest absolute Gasteiger partial charge is 0.223 e. The fourth-order valence-corrected chi connectivity index (χ4v) is 6.76. The van der Waals surface area contributed by atoms with Crippen LogP contribution in [0.4, 0.5) is 0 Å². The summed E-state index contributed by atoms with van der Waals surface area (Å²) in [6.07, 6.45) is 3.47. The molecule has 1 aromatic rings. The molecule has 0 bridgehead atoms. The number of nitrogens with zero attached hydrogens (tertiary/aromatic N) is 2. The van der Waals surface area contributed by atoms with Crippen molar-refractivity contribution in [2.75, 3.05) is 39.3 Å². The molecule has 7 heteroatoms. The van der Waals surface area contributed by atoms with E-state index in [0.717, 1.165) is 49.0 Å². The largest absolute Gasteiger partial charge is 0.356 e. The molecular formula is C24H39N3O3S. The van der Waals surface area contributed by atoms with Gasteiger partial charge in [-0.05, 0) is 62.1 Å². The number of amides is 1. The van der Waals surface area contributed by atoms with E-state index < -0.39 is 10.0 Å². The maximum Gasteiger partial charge on any atom is 0.223 e. The summed E-state index contributed by atoms with van der Waals surface area (Å²) < 4.78 is 27.2. The van der Waals surface area contributed by atoms with Crippen LogP contribution in [0.1, 0.15) is 50.7 Å². The fourth-order valence-electron chi connectivity index (χ4n) is 5.09. The van der Waals surface area contributed by atoms with Gasteiger partial charge in [0.1, 0.15) is 0 Å². The van der Waals surface area contributed by atoms with E-state index in [1.54, 1.807) is 4.31 Å². The van der Waals surface area contributed by atoms with Crippen LogP contribution in [-0.4, -0.2) is 62.8 Å². The molecule has 2 atom stereocenters. The van der Waals surface area contributed by atoms with Gasteiger partial charge in [0, 0.05) is 38.6 Å². The molecule has 0 saturated carbocycles. The number of nitrogens with one attached hydrogen (secondary N) is 1. The number of piperidine rings is 2. The van der Waals surface area contributed by atoms with E-state index in [1.807, 2.05) is 31.2 Å². The first-order valence-electron chi connectivity index (χ1n) is 11.8. The highest BCUT2D eigenvalue weighted by Crippen LogP contribution is 2.23. The summed E-state index contributed by atoms with van der Waals surface area (Å²) in [5, 5.41) is 3.08. The molecule has 2 unspecified atom stereocenters. The lowest BCUT2D eigenvalue weighted by Gasteiger charge is -2.35. The lowest BCUT2D eigenvalue weighted by molar-refractivity contribution is -0.126. The number of hydrogen-bond donors (Lipinski definition) is 1. The normalized spacial score (nSPS) is 24.2. The lowest BCUT2D eigenvalue weighted by Crippen LogP contribution is -2.44. The summed E-state index contributed by atoms with van der Waals surface area (Å²) in [6.45, 7) is 11.5. The van der Waals surface area contributed by atoms with Crippen LogP contribution in [0.3, 0.4) is 0 Å². The lowest BCUT2D eigenvalue weighted by atomic mass is 9.92. The summed E-state index contributed by atoms with van der Waals surface area (Å²) in [5.41, 5.74) is 1.84. The molecule has 2 aliphatic rings. The minimum absolute atomic E-state index is 0.0320. The molecule has 2 fully saturated rings. The van der Waals surface area contributed by atoms with Gasteiger partial charge >= 0.3 is 0 Å². The van der Waals surface area contributed by atoms with E-state index in [2.05, 4.69) is 24.1 Å². The number of hydrogen-bond acceptors (Lipinski definition) is 4. The van der Waals surface area contributed by atoms with E-state index in [4.69, 9.17) is 0 Å². The van der Waals surface area contributed by atoms with Crippen molar-refractivity contribution in [3.63, 3.8) is 0 Å². The Hall–Kier alpha value is -1.44. The van der Waals surface area contributed by atoms with E-state index in [0.29, 0.717) is 32.5 Å². The van der Waals surface area contributed by atoms with Crippen molar-refractivity contribution in [3.8, 4) is 0 Å². The first-order chi connectivity index (χ1) is 14.7. The minimum atomic E-state index is -3.35. The number of rotatable bonds is 8. The fraction of sp³-hybridized carbons (Fsp3) is 0.708. The quantitative estimate of drug-likeness (QED) is 0.620. The molecule has 2 aliphatic heterocycles. The van der Waals surface area contributed by atoms with Crippen LogP contribution in [0.25, 0.3) is 0 Å². The molecule has 174 valence electrons. The molecule has 3 rings (SSSR count). The molecule has 0 aromatic heterocycles. The van der Waals surface area contributed by atoms with Gasteiger partial charge in [0.05, 0.1) is 5.75 Å². The molecule has 1 aromatic carbocycles. The third-order valence-electron chi connectivity index (χ3n) is 6.71. The Kier molecular flexibility index (Phi) is 8.53. The third kappa shape index (κ3) is 7.02. The van der Waals surface area contributed by atoms with Crippen LogP contribution >= 0.6 is 0 Å². The first kappa shape index (κ1) is 24.2. The van der Waals surface area contributed by atoms with E-state index in [-0.39, 0.29) is 17.6 Å². The molecule has 2 heterocycles. The highest BCUT2D eigenvalue weighted by Gasteiger charge is 2.31. The van der Waals surface area contributed by atoms with E-state index in [9.17, 15) is 13.2 Å². The average Bonchev–Trinajstić information content (AvgIpc) is 2.72. The van der Waals surface area contributed by atoms with Gasteiger partial charge in [-0.1, -0.05) is 38.1 Å². The van der Waals surface area contributed by atoms with Gasteiger partial charge in [0.15, 0.2) is 0 Å². The van der Waals surface area contributed by atoms with Gasteiger partial charge in [0.25, 0.3) is 0 Å². The SMILES string of the molecule is Cc1ccccc1CS(=O)(=O)N1CCC(C(=O)NCCCN2CC(C)CC(C)C2)CC1. The van der Waals surface area contributed by atoms with Gasteiger partial charge in [-0.15, -0.1) is 0 Å². The first-order valence-corrected chi connectivity index (χ1v) is 13.4. The zero-order chi connectivity index (χ0) is 22.4. The molecule has 0 spiro atoms. The highest BCUT2D eigenvalue weighted by atomic mass is 32.2. The second-order valence-electron chi connectivity index (χ2n) is 9.71. The van der Waals surface area contributed by atoms with Gasteiger partial charge in [-0.3, -0.25) is 4.79 Å². The van der Waals surface area contributed by atoms with Crippen molar-refractivity contribution in [1.82, 2.24) is 14.5 Å². The van der Waals surface area contributed by atoms with Crippen LogP contribution in [0.2, 0.25) is 0 Å². The molecule has 31 heavy (non-hydrogen) atoms. The predicted molar refractivity (Wildman–Crippen MR) is 125 cm³/mol. The average molecular weight is 450 g/mol. The molecule has 0 aliphatic carbocycles. The maximum atomic E-state index is 12.8. The molecule has 1 N–H and O–H groups in total. The van der Waals surface area contributed by atoms with Crippen LogP contribution in [0.5, 0.6) is 0 Å². The number of aryl methyl sites for hydroxylation is 1. The highest BCUT2D eigenvalue weighted by molar-refractivity contribution is 7.88. The van der Waals surface area contributed by atoms with E-state index >= 15 is 0 Å². The maximum absolute atomic E-state index is 12.8. The van der Waals surface area contributed by atoms with Gasteiger partial charge in [-0.2, -0.15) is 0 Å². The minimum Gasteiger partial charge on any atom is -0.356 e. The monoisotopic (exact) mass is 449 g/mol. The summed E-state index contributed by atoms with van der Waals surface area (Å²) in [6, 6.07) is 7.61. The number of carbonyl (C=O) groups is 1. The van der Waals surface area contributed by atoms with Crippen LogP contribution in [0.15, 0.2) is 24.3 Å². The number of benzene rings is 1. The second-order valence-corrected chi connectivity index (χ2v) is 11.7. The Morgan fingerprint density at radius 2 is 1.74 bits per heavy atom. The topological polar surface area (TPSA) is 69.7 Å². The molecule has 2 saturated heterocycles. The van der Waals surface area contributed by atoms with Crippen LogP contribution in [-0.2, 0) is 20.6 Å². The Bertz CT molecular complexity index is 824. The molecule has 1 amide bonds. The third-order valence-corrected chi connectivity index (χ3v) is 8.54. The van der Waals surface area contributed by atoms with Crippen molar-refractivity contribution in [2.24, 2.45) is 17.8 Å². The Balaban J connectivity index is 1.38. The van der Waals surface area contributed by atoms with Gasteiger partial charge < -0.3 is 10.2 Å². The zero-order valence-electron chi connectivity index (χ0n) is 19.3. The molecule has 0 radical (unpaired) electrons. The van der Waals surface area contributed by atoms with E-state index in [1.165, 1.54) is 6.42 Å². The van der Waals surface area contributed by atoms with Crippen molar-refractivity contribution in [1.29, 1.82) is 0 Å². The van der Waals surface area contributed by atoms with Crippen molar-refractivity contribution < 1.29 is 13.2 Å². The second kappa shape index (κ2) is 10.9. The predicted octanol–water partition coefficient (Wildman–Crippen LogP) is 3.02. The summed E-state index contributed by atoms with van der Waals surface area (Å²) in [4.78, 5) is 15.1. The Morgan fingerprint density at radius 3 is 2.39 bits per heavy atom. The van der Waals surface area contributed by atoms with Crippen LogP contribution in [0, 0.1) is 24.7 Å². The van der Waals surface area contributed by atoms with Gasteiger partial charge in [0.2, 0.25) is 15.9 Å².